The molecule has 19 heavy (non-hydrogen) atoms. The molecule has 0 aromatic heterocycles. The van der Waals surface area contributed by atoms with Gasteiger partial charge in [0.2, 0.25) is 0 Å². The summed E-state index contributed by atoms with van der Waals surface area (Å²) in [6, 6.07) is -0.0936. The summed E-state index contributed by atoms with van der Waals surface area (Å²) in [5, 5.41) is 11.9. The molecule has 1 saturated carbocycles. The first-order valence-corrected chi connectivity index (χ1v) is 7.42. The van der Waals surface area contributed by atoms with Crippen LogP contribution in [-0.2, 0) is 4.79 Å². The molecule has 2 fully saturated rings. The number of carbonyl (C=O) groups is 2. The molecule has 2 N–H and O–H groups in total. The van der Waals surface area contributed by atoms with E-state index < -0.39 is 11.9 Å². The second-order valence-electron chi connectivity index (χ2n) is 5.79. The van der Waals surface area contributed by atoms with Crippen LogP contribution in [-0.4, -0.2) is 41.6 Å². The normalized spacial score (nSPS) is 24.4. The number of hydrogen-bond acceptors (Lipinski definition) is 2. The largest absolute Gasteiger partial charge is 0.481 e. The Balaban J connectivity index is 1.68. The van der Waals surface area contributed by atoms with Gasteiger partial charge in [0.1, 0.15) is 0 Å². The van der Waals surface area contributed by atoms with E-state index in [1.807, 2.05) is 0 Å². The summed E-state index contributed by atoms with van der Waals surface area (Å²) in [5.74, 6) is -0.411. The minimum Gasteiger partial charge on any atom is -0.481 e. The monoisotopic (exact) mass is 268 g/mol. The molecular formula is C14H24N2O3. The summed E-state index contributed by atoms with van der Waals surface area (Å²) < 4.78 is 0. The molecule has 5 heteroatoms. The van der Waals surface area contributed by atoms with Crippen molar-refractivity contribution in [3.8, 4) is 0 Å². The number of piperidine rings is 1. The van der Waals surface area contributed by atoms with Gasteiger partial charge in [0.25, 0.3) is 0 Å². The van der Waals surface area contributed by atoms with Crippen molar-refractivity contribution in [3.05, 3.63) is 0 Å². The lowest BCUT2D eigenvalue weighted by Crippen LogP contribution is -2.47. The van der Waals surface area contributed by atoms with E-state index in [1.165, 1.54) is 25.7 Å². The Morgan fingerprint density at radius 3 is 2.58 bits per heavy atom. The average molecular weight is 268 g/mol. The third-order valence-electron chi connectivity index (χ3n) is 4.36. The van der Waals surface area contributed by atoms with E-state index in [2.05, 4.69) is 5.32 Å². The molecule has 0 aromatic carbocycles. The first-order chi connectivity index (χ1) is 9.16. The van der Waals surface area contributed by atoms with Crippen molar-refractivity contribution in [2.75, 3.05) is 19.6 Å². The molecule has 0 bridgehead atoms. The predicted octanol–water partition coefficient (Wildman–Crippen LogP) is 2.07. The smallest absolute Gasteiger partial charge is 0.317 e. The van der Waals surface area contributed by atoms with Gasteiger partial charge in [-0.25, -0.2) is 4.79 Å². The number of nitrogens with one attached hydrogen (secondary N) is 1. The van der Waals surface area contributed by atoms with Gasteiger partial charge in [-0.15, -0.1) is 0 Å². The molecule has 1 heterocycles. The van der Waals surface area contributed by atoms with Crippen LogP contribution in [0.3, 0.4) is 0 Å². The molecule has 0 aromatic rings. The Labute approximate surface area is 114 Å². The predicted molar refractivity (Wildman–Crippen MR) is 71.9 cm³/mol. The summed E-state index contributed by atoms with van der Waals surface area (Å²) in [6.07, 6.45) is 7.76. The number of urea groups is 1. The molecule has 0 spiro atoms. The van der Waals surface area contributed by atoms with Crippen LogP contribution in [0.2, 0.25) is 0 Å². The minimum absolute atomic E-state index is 0.0936. The van der Waals surface area contributed by atoms with Gasteiger partial charge >= 0.3 is 12.0 Å². The topological polar surface area (TPSA) is 69.6 Å². The van der Waals surface area contributed by atoms with E-state index >= 15 is 0 Å². The molecule has 0 radical (unpaired) electrons. The van der Waals surface area contributed by atoms with Crippen LogP contribution in [0.1, 0.15) is 44.9 Å². The Morgan fingerprint density at radius 1 is 1.16 bits per heavy atom. The Morgan fingerprint density at radius 2 is 1.89 bits per heavy atom. The van der Waals surface area contributed by atoms with Crippen molar-refractivity contribution >= 4 is 12.0 Å². The van der Waals surface area contributed by atoms with Gasteiger partial charge in [-0.1, -0.05) is 25.7 Å². The number of aliphatic carboxylic acids is 1. The van der Waals surface area contributed by atoms with Crippen LogP contribution in [0.25, 0.3) is 0 Å². The van der Waals surface area contributed by atoms with Crippen LogP contribution < -0.4 is 5.32 Å². The van der Waals surface area contributed by atoms with E-state index in [0.29, 0.717) is 19.5 Å². The molecule has 2 amide bonds. The third kappa shape index (κ3) is 4.11. The standard InChI is InChI=1S/C14H24N2O3/c17-13(18)12-6-3-9-16(10-12)14(19)15-8-7-11-4-1-2-5-11/h11-12H,1-10H2,(H,15,19)(H,17,18)/t12-/m1/s1. The van der Waals surface area contributed by atoms with Gasteiger partial charge < -0.3 is 15.3 Å². The van der Waals surface area contributed by atoms with E-state index in [9.17, 15) is 9.59 Å². The maximum atomic E-state index is 12.0. The van der Waals surface area contributed by atoms with Gasteiger partial charge in [-0.2, -0.15) is 0 Å². The van der Waals surface area contributed by atoms with Crippen LogP contribution in [0.5, 0.6) is 0 Å². The molecule has 1 atom stereocenters. The second-order valence-corrected chi connectivity index (χ2v) is 5.79. The first-order valence-electron chi connectivity index (χ1n) is 7.42. The van der Waals surface area contributed by atoms with Crippen molar-refractivity contribution in [3.63, 3.8) is 0 Å². The zero-order valence-electron chi connectivity index (χ0n) is 11.4. The highest BCUT2D eigenvalue weighted by Gasteiger charge is 2.28. The van der Waals surface area contributed by atoms with Crippen molar-refractivity contribution in [2.24, 2.45) is 11.8 Å². The SMILES string of the molecule is O=C(O)[C@@H]1CCCN(C(=O)NCCC2CCCC2)C1. The highest BCUT2D eigenvalue weighted by Crippen LogP contribution is 2.26. The van der Waals surface area contributed by atoms with Crippen LogP contribution in [0.15, 0.2) is 0 Å². The Hall–Kier alpha value is -1.26. The first kappa shape index (κ1) is 14.2. The van der Waals surface area contributed by atoms with E-state index in [1.54, 1.807) is 4.90 Å². The number of carbonyl (C=O) groups excluding carboxylic acids is 1. The fourth-order valence-electron chi connectivity index (χ4n) is 3.16. The molecule has 2 rings (SSSR count). The summed E-state index contributed by atoms with van der Waals surface area (Å²) in [6.45, 7) is 1.75. The average Bonchev–Trinajstić information content (AvgIpc) is 2.92. The number of nitrogens with zero attached hydrogens (tertiary/aromatic N) is 1. The molecule has 1 aliphatic heterocycles. The molecular weight excluding hydrogens is 244 g/mol. The molecule has 0 unspecified atom stereocenters. The maximum Gasteiger partial charge on any atom is 0.317 e. The van der Waals surface area contributed by atoms with Crippen LogP contribution >= 0.6 is 0 Å². The van der Waals surface area contributed by atoms with Crippen molar-refractivity contribution in [1.82, 2.24) is 10.2 Å². The lowest BCUT2D eigenvalue weighted by Gasteiger charge is -2.30. The highest BCUT2D eigenvalue weighted by atomic mass is 16.4. The van der Waals surface area contributed by atoms with Crippen LogP contribution in [0, 0.1) is 11.8 Å². The molecule has 108 valence electrons. The van der Waals surface area contributed by atoms with Gasteiger partial charge in [0.15, 0.2) is 0 Å². The zero-order chi connectivity index (χ0) is 13.7. The zero-order valence-corrected chi connectivity index (χ0v) is 11.4. The fourth-order valence-corrected chi connectivity index (χ4v) is 3.16. The molecule has 1 saturated heterocycles. The van der Waals surface area contributed by atoms with Crippen LogP contribution in [0.4, 0.5) is 4.79 Å². The number of likely N-dealkylation sites (tertiary alicyclic amines) is 1. The van der Waals surface area contributed by atoms with Gasteiger partial charge in [0.05, 0.1) is 5.92 Å². The quantitative estimate of drug-likeness (QED) is 0.820. The lowest BCUT2D eigenvalue weighted by atomic mass is 9.99. The van der Waals surface area contributed by atoms with E-state index in [-0.39, 0.29) is 6.03 Å². The molecule has 1 aliphatic carbocycles. The number of carboxylic acids is 1. The number of carboxylic acid groups (broad SMARTS) is 1. The fraction of sp³-hybridized carbons (Fsp3) is 0.857. The number of amides is 2. The van der Waals surface area contributed by atoms with Crippen molar-refractivity contribution in [2.45, 2.75) is 44.9 Å². The molecule has 5 nitrogen and oxygen atoms in total. The van der Waals surface area contributed by atoms with Gasteiger partial charge in [0, 0.05) is 19.6 Å². The summed E-state index contributed by atoms with van der Waals surface area (Å²) >= 11 is 0. The number of rotatable bonds is 4. The highest BCUT2D eigenvalue weighted by molar-refractivity contribution is 5.76. The summed E-state index contributed by atoms with van der Waals surface area (Å²) in [4.78, 5) is 24.6. The maximum absolute atomic E-state index is 12.0. The van der Waals surface area contributed by atoms with Gasteiger partial charge in [-0.05, 0) is 25.2 Å². The van der Waals surface area contributed by atoms with Crippen molar-refractivity contribution < 1.29 is 14.7 Å². The molecule has 2 aliphatic rings. The summed E-state index contributed by atoms with van der Waals surface area (Å²) in [5.41, 5.74) is 0. The Kier molecular flexibility index (Phi) is 5.05. The van der Waals surface area contributed by atoms with Crippen molar-refractivity contribution in [1.29, 1.82) is 0 Å². The second kappa shape index (κ2) is 6.78. The summed E-state index contributed by atoms with van der Waals surface area (Å²) in [7, 11) is 0. The van der Waals surface area contributed by atoms with E-state index in [0.717, 1.165) is 25.3 Å². The minimum atomic E-state index is -0.788. The van der Waals surface area contributed by atoms with E-state index in [4.69, 9.17) is 5.11 Å². The van der Waals surface area contributed by atoms with Gasteiger partial charge in [-0.3, -0.25) is 4.79 Å². The lowest BCUT2D eigenvalue weighted by molar-refractivity contribution is -0.143. The third-order valence-corrected chi connectivity index (χ3v) is 4.36. The number of hydrogen-bond donors (Lipinski definition) is 2. The Bertz CT molecular complexity index is 327.